The first-order valence-electron chi connectivity index (χ1n) is 5.94. The monoisotopic (exact) mass is 323 g/mol. The summed E-state index contributed by atoms with van der Waals surface area (Å²) in [5.74, 6) is 5.33. The summed E-state index contributed by atoms with van der Waals surface area (Å²) in [5.41, 5.74) is 5.36. The summed E-state index contributed by atoms with van der Waals surface area (Å²) in [5, 5.41) is 0. The minimum Gasteiger partial charge on any atom is -0.271 e. The molecule has 1 atom stereocenters. The summed E-state index contributed by atoms with van der Waals surface area (Å²) in [7, 11) is 0. The fourth-order valence-electron chi connectivity index (χ4n) is 1.93. The molecule has 3 nitrogen and oxygen atoms in total. The zero-order chi connectivity index (χ0) is 13.8. The lowest BCUT2D eigenvalue weighted by molar-refractivity contribution is 0.533. The van der Waals surface area contributed by atoms with E-state index >= 15 is 0 Å². The van der Waals surface area contributed by atoms with E-state index in [9.17, 15) is 4.39 Å². The zero-order valence-electron chi connectivity index (χ0n) is 10.5. The molecule has 0 radical (unpaired) electrons. The lowest BCUT2D eigenvalue weighted by Gasteiger charge is -2.16. The first kappa shape index (κ1) is 14.1. The van der Waals surface area contributed by atoms with Gasteiger partial charge in [-0.15, -0.1) is 0 Å². The number of nitrogens with two attached hydrogens (primary N) is 1. The molecule has 3 N–H and O–H groups in total. The van der Waals surface area contributed by atoms with Gasteiger partial charge in [-0.3, -0.25) is 16.3 Å². The third-order valence-corrected chi connectivity index (χ3v) is 3.67. The van der Waals surface area contributed by atoms with Crippen LogP contribution in [0.25, 0.3) is 0 Å². The average molecular weight is 324 g/mol. The summed E-state index contributed by atoms with van der Waals surface area (Å²) in [4.78, 5) is 4.44. The highest BCUT2D eigenvalue weighted by Gasteiger charge is 2.14. The van der Waals surface area contributed by atoms with E-state index in [2.05, 4.69) is 26.3 Å². The van der Waals surface area contributed by atoms with Crippen LogP contribution in [0, 0.1) is 12.7 Å². The van der Waals surface area contributed by atoms with Gasteiger partial charge in [-0.05, 0) is 49.2 Å². The fraction of sp³-hybridized carbons (Fsp3) is 0.214. The lowest BCUT2D eigenvalue weighted by Crippen LogP contribution is -2.30. The van der Waals surface area contributed by atoms with E-state index in [1.165, 1.54) is 12.1 Å². The largest absolute Gasteiger partial charge is 0.271 e. The number of aromatic nitrogens is 1. The van der Waals surface area contributed by atoms with Crippen molar-refractivity contribution in [1.29, 1.82) is 0 Å². The van der Waals surface area contributed by atoms with Crippen LogP contribution in [0.5, 0.6) is 0 Å². The Labute approximate surface area is 120 Å². The Hall–Kier alpha value is -1.30. The number of hydrogen-bond donors (Lipinski definition) is 2. The molecule has 0 saturated heterocycles. The molecule has 0 fully saturated rings. The Bertz CT molecular complexity index is 574. The quantitative estimate of drug-likeness (QED) is 0.671. The highest BCUT2D eigenvalue weighted by atomic mass is 79.9. The molecule has 0 bridgehead atoms. The van der Waals surface area contributed by atoms with Crippen molar-refractivity contribution >= 4 is 15.9 Å². The maximum Gasteiger partial charge on any atom is 0.123 e. The Morgan fingerprint density at radius 3 is 2.84 bits per heavy atom. The third-order valence-electron chi connectivity index (χ3n) is 2.90. The molecule has 2 aromatic rings. The van der Waals surface area contributed by atoms with Gasteiger partial charge in [-0.2, -0.15) is 0 Å². The van der Waals surface area contributed by atoms with Crippen LogP contribution >= 0.6 is 15.9 Å². The van der Waals surface area contributed by atoms with E-state index in [1.54, 1.807) is 6.07 Å². The number of halogens is 2. The van der Waals surface area contributed by atoms with Crippen molar-refractivity contribution in [2.24, 2.45) is 5.84 Å². The number of aryl methyl sites for hydroxylation is 1. The van der Waals surface area contributed by atoms with Crippen molar-refractivity contribution < 1.29 is 4.39 Å². The van der Waals surface area contributed by atoms with Gasteiger partial charge in [-0.1, -0.05) is 22.0 Å². The summed E-state index contributed by atoms with van der Waals surface area (Å²) in [6.45, 7) is 1.93. The van der Waals surface area contributed by atoms with E-state index in [1.807, 2.05) is 25.1 Å². The molecule has 0 aliphatic heterocycles. The van der Waals surface area contributed by atoms with Crippen LogP contribution in [0.1, 0.15) is 23.0 Å². The molecule has 100 valence electrons. The molecule has 1 aromatic carbocycles. The summed E-state index contributed by atoms with van der Waals surface area (Å²) in [6, 6.07) is 10.2. The molecule has 0 spiro atoms. The van der Waals surface area contributed by atoms with Crippen molar-refractivity contribution in [3.8, 4) is 0 Å². The second-order valence-electron chi connectivity index (χ2n) is 4.36. The maximum atomic E-state index is 13.3. The van der Waals surface area contributed by atoms with Crippen molar-refractivity contribution in [3.05, 3.63) is 63.6 Å². The van der Waals surface area contributed by atoms with Gasteiger partial charge in [-0.25, -0.2) is 4.39 Å². The molecule has 1 aromatic heterocycles. The molecule has 0 saturated carbocycles. The minimum atomic E-state index is -0.258. The van der Waals surface area contributed by atoms with Crippen molar-refractivity contribution in [1.82, 2.24) is 10.4 Å². The molecule has 0 aliphatic rings. The molecule has 0 amide bonds. The van der Waals surface area contributed by atoms with Gasteiger partial charge in [0.25, 0.3) is 0 Å². The number of pyridine rings is 1. The number of hydrazine groups is 1. The van der Waals surface area contributed by atoms with E-state index in [-0.39, 0.29) is 11.9 Å². The number of hydrogen-bond acceptors (Lipinski definition) is 3. The second-order valence-corrected chi connectivity index (χ2v) is 5.22. The average Bonchev–Trinajstić information content (AvgIpc) is 2.39. The smallest absolute Gasteiger partial charge is 0.123 e. The van der Waals surface area contributed by atoms with E-state index in [0.717, 1.165) is 21.4 Å². The molecule has 5 heteroatoms. The van der Waals surface area contributed by atoms with Gasteiger partial charge in [0.05, 0.1) is 11.7 Å². The van der Waals surface area contributed by atoms with E-state index < -0.39 is 0 Å². The summed E-state index contributed by atoms with van der Waals surface area (Å²) in [6.07, 6.45) is 0.561. The van der Waals surface area contributed by atoms with Crippen LogP contribution < -0.4 is 11.3 Å². The molecule has 2 rings (SSSR count). The normalized spacial score (nSPS) is 12.4. The maximum absolute atomic E-state index is 13.3. The molecular weight excluding hydrogens is 309 g/mol. The molecular formula is C14H15BrFN3. The Morgan fingerprint density at radius 2 is 2.16 bits per heavy atom. The van der Waals surface area contributed by atoms with Crippen molar-refractivity contribution in [3.63, 3.8) is 0 Å². The van der Waals surface area contributed by atoms with Gasteiger partial charge >= 0.3 is 0 Å². The van der Waals surface area contributed by atoms with Gasteiger partial charge < -0.3 is 0 Å². The Morgan fingerprint density at radius 1 is 1.37 bits per heavy atom. The first-order valence-corrected chi connectivity index (χ1v) is 6.73. The van der Waals surface area contributed by atoms with Crippen LogP contribution in [0.4, 0.5) is 4.39 Å². The van der Waals surface area contributed by atoms with Crippen LogP contribution in [-0.4, -0.2) is 4.98 Å². The van der Waals surface area contributed by atoms with Crippen LogP contribution in [-0.2, 0) is 6.42 Å². The standard InChI is InChI=1S/C14H15BrFN3/c1-9-3-2-4-13(18-9)14(19-17)8-10-7-11(16)5-6-12(10)15/h2-7,14,19H,8,17H2,1H3. The summed E-state index contributed by atoms with van der Waals surface area (Å²) >= 11 is 3.42. The molecule has 1 unspecified atom stereocenters. The lowest BCUT2D eigenvalue weighted by atomic mass is 10.0. The van der Waals surface area contributed by atoms with Gasteiger partial charge in [0, 0.05) is 10.2 Å². The number of nitrogens with zero attached hydrogens (tertiary/aromatic N) is 1. The van der Waals surface area contributed by atoms with Crippen molar-refractivity contribution in [2.75, 3.05) is 0 Å². The SMILES string of the molecule is Cc1cccc(C(Cc2cc(F)ccc2Br)NN)n1. The first-order chi connectivity index (χ1) is 9.10. The second kappa shape index (κ2) is 6.23. The predicted molar refractivity (Wildman–Crippen MR) is 76.8 cm³/mol. The zero-order valence-corrected chi connectivity index (χ0v) is 12.1. The van der Waals surface area contributed by atoms with Gasteiger partial charge in [0.2, 0.25) is 0 Å². The number of rotatable bonds is 4. The predicted octanol–water partition coefficient (Wildman–Crippen LogP) is 3.04. The topological polar surface area (TPSA) is 50.9 Å². The minimum absolute atomic E-state index is 0.155. The van der Waals surface area contributed by atoms with Gasteiger partial charge in [0.1, 0.15) is 5.82 Å². The summed E-state index contributed by atoms with van der Waals surface area (Å²) < 4.78 is 14.1. The Balaban J connectivity index is 2.26. The number of benzene rings is 1. The van der Waals surface area contributed by atoms with Gasteiger partial charge in [0.15, 0.2) is 0 Å². The van der Waals surface area contributed by atoms with E-state index in [0.29, 0.717) is 6.42 Å². The highest BCUT2D eigenvalue weighted by molar-refractivity contribution is 9.10. The number of nitrogens with one attached hydrogen (secondary N) is 1. The van der Waals surface area contributed by atoms with Crippen LogP contribution in [0.15, 0.2) is 40.9 Å². The van der Waals surface area contributed by atoms with Crippen molar-refractivity contribution in [2.45, 2.75) is 19.4 Å². The molecule has 19 heavy (non-hydrogen) atoms. The van der Waals surface area contributed by atoms with E-state index in [4.69, 9.17) is 5.84 Å². The fourth-order valence-corrected chi connectivity index (χ4v) is 2.34. The Kier molecular flexibility index (Phi) is 4.63. The molecule has 0 aliphatic carbocycles. The molecule has 1 heterocycles. The third kappa shape index (κ3) is 3.59. The van der Waals surface area contributed by atoms with Crippen LogP contribution in [0.3, 0.4) is 0 Å². The van der Waals surface area contributed by atoms with Crippen LogP contribution in [0.2, 0.25) is 0 Å². The highest BCUT2D eigenvalue weighted by Crippen LogP contribution is 2.23.